The Labute approximate surface area is 142 Å². The van der Waals surface area contributed by atoms with Crippen molar-refractivity contribution in [3.05, 3.63) is 59.9 Å². The van der Waals surface area contributed by atoms with E-state index in [4.69, 9.17) is 0 Å². The van der Waals surface area contributed by atoms with Crippen LogP contribution in [0.2, 0.25) is 0 Å². The normalized spacial score (nSPS) is 11.0. The van der Waals surface area contributed by atoms with Crippen molar-refractivity contribution in [2.75, 3.05) is 11.9 Å². The lowest BCUT2D eigenvalue weighted by atomic mass is 10.2. The molecule has 2 rings (SSSR count). The molecule has 0 saturated heterocycles. The molecule has 1 aromatic carbocycles. The Morgan fingerprint density at radius 3 is 2.75 bits per heavy atom. The van der Waals surface area contributed by atoms with Gasteiger partial charge in [-0.05, 0) is 36.8 Å². The van der Waals surface area contributed by atoms with Crippen molar-refractivity contribution in [2.24, 2.45) is 4.99 Å². The Kier molecular flexibility index (Phi) is 6.76. The molecule has 0 aliphatic carbocycles. The van der Waals surface area contributed by atoms with E-state index in [2.05, 4.69) is 25.9 Å². The van der Waals surface area contributed by atoms with Gasteiger partial charge in [0.25, 0.3) is 0 Å². The van der Waals surface area contributed by atoms with Crippen molar-refractivity contribution < 1.29 is 4.79 Å². The number of hydrogen-bond acceptors (Lipinski definition) is 3. The van der Waals surface area contributed by atoms with E-state index in [1.54, 1.807) is 6.20 Å². The molecule has 6 heteroatoms. The van der Waals surface area contributed by atoms with Gasteiger partial charge in [0.1, 0.15) is 0 Å². The summed E-state index contributed by atoms with van der Waals surface area (Å²) < 4.78 is 0. The number of anilines is 1. The lowest BCUT2D eigenvalue weighted by Gasteiger charge is -2.11. The van der Waals surface area contributed by atoms with Crippen LogP contribution in [-0.2, 0) is 17.9 Å². The Morgan fingerprint density at radius 2 is 2.04 bits per heavy atom. The molecule has 0 aliphatic rings. The monoisotopic (exact) mass is 325 g/mol. The van der Waals surface area contributed by atoms with E-state index in [1.807, 2.05) is 49.4 Å². The molecule has 0 aliphatic heterocycles. The second-order valence-electron chi connectivity index (χ2n) is 5.25. The second kappa shape index (κ2) is 9.29. The number of guanidine groups is 1. The maximum atomic E-state index is 11.1. The Bertz CT molecular complexity index is 685. The minimum Gasteiger partial charge on any atom is -0.357 e. The van der Waals surface area contributed by atoms with E-state index in [-0.39, 0.29) is 5.91 Å². The number of nitrogens with zero attached hydrogens (tertiary/aromatic N) is 2. The fraction of sp³-hybridized carbons (Fsp3) is 0.278. The van der Waals surface area contributed by atoms with E-state index < -0.39 is 0 Å². The molecular formula is C18H23N5O. The highest BCUT2D eigenvalue weighted by Crippen LogP contribution is 2.11. The van der Waals surface area contributed by atoms with E-state index in [0.29, 0.717) is 13.1 Å². The van der Waals surface area contributed by atoms with Crippen molar-refractivity contribution in [3.8, 4) is 0 Å². The Balaban J connectivity index is 1.98. The summed E-state index contributed by atoms with van der Waals surface area (Å²) in [6.45, 7) is 5.43. The van der Waals surface area contributed by atoms with Crippen molar-refractivity contribution in [2.45, 2.75) is 26.9 Å². The quantitative estimate of drug-likeness (QED) is 0.562. The minimum atomic E-state index is -0.0824. The van der Waals surface area contributed by atoms with Gasteiger partial charge in [-0.2, -0.15) is 0 Å². The third-order valence-electron chi connectivity index (χ3n) is 3.17. The molecule has 126 valence electrons. The van der Waals surface area contributed by atoms with Crippen LogP contribution in [0.3, 0.4) is 0 Å². The van der Waals surface area contributed by atoms with Crippen molar-refractivity contribution in [1.29, 1.82) is 0 Å². The number of amides is 1. The first-order chi connectivity index (χ1) is 11.7. The van der Waals surface area contributed by atoms with Gasteiger partial charge in [0.2, 0.25) is 5.91 Å². The van der Waals surface area contributed by atoms with E-state index >= 15 is 0 Å². The zero-order valence-electron chi connectivity index (χ0n) is 14.0. The maximum absolute atomic E-state index is 11.1. The van der Waals surface area contributed by atoms with Gasteiger partial charge in [-0.25, -0.2) is 4.99 Å². The van der Waals surface area contributed by atoms with Gasteiger partial charge in [-0.3, -0.25) is 9.78 Å². The van der Waals surface area contributed by atoms with Crippen LogP contribution in [0.1, 0.15) is 25.1 Å². The lowest BCUT2D eigenvalue weighted by molar-refractivity contribution is -0.114. The largest absolute Gasteiger partial charge is 0.357 e. The average molecular weight is 325 g/mol. The predicted molar refractivity (Wildman–Crippen MR) is 96.6 cm³/mol. The molecule has 1 heterocycles. The number of pyridine rings is 1. The highest BCUT2D eigenvalue weighted by atomic mass is 16.1. The molecular weight excluding hydrogens is 302 g/mol. The van der Waals surface area contributed by atoms with Crippen LogP contribution in [0, 0.1) is 0 Å². The maximum Gasteiger partial charge on any atom is 0.221 e. The summed E-state index contributed by atoms with van der Waals surface area (Å²) >= 11 is 0. The Hall–Kier alpha value is -2.89. The second-order valence-corrected chi connectivity index (χ2v) is 5.25. The number of benzene rings is 1. The fourth-order valence-corrected chi connectivity index (χ4v) is 2.14. The number of carbonyl (C=O) groups excluding carboxylic acids is 1. The van der Waals surface area contributed by atoms with Crippen molar-refractivity contribution >= 4 is 17.6 Å². The van der Waals surface area contributed by atoms with Crippen LogP contribution in [0.4, 0.5) is 5.69 Å². The first-order valence-corrected chi connectivity index (χ1v) is 7.96. The predicted octanol–water partition coefficient (Wildman–Crippen LogP) is 2.30. The first-order valence-electron chi connectivity index (χ1n) is 7.96. The number of carbonyl (C=O) groups is 1. The third kappa shape index (κ3) is 6.08. The van der Waals surface area contributed by atoms with E-state index in [1.165, 1.54) is 6.92 Å². The van der Waals surface area contributed by atoms with E-state index in [0.717, 1.165) is 29.4 Å². The minimum absolute atomic E-state index is 0.0824. The summed E-state index contributed by atoms with van der Waals surface area (Å²) in [5, 5.41) is 9.25. The number of rotatable bonds is 6. The van der Waals surface area contributed by atoms with Gasteiger partial charge >= 0.3 is 0 Å². The first kappa shape index (κ1) is 17.5. The molecule has 0 unspecified atom stereocenters. The Morgan fingerprint density at radius 1 is 1.17 bits per heavy atom. The topological polar surface area (TPSA) is 78.4 Å². The third-order valence-corrected chi connectivity index (χ3v) is 3.17. The molecule has 0 saturated carbocycles. The van der Waals surface area contributed by atoms with Crippen LogP contribution in [0.5, 0.6) is 0 Å². The molecule has 2 aromatic rings. The fourth-order valence-electron chi connectivity index (χ4n) is 2.14. The van der Waals surface area contributed by atoms with Crippen LogP contribution < -0.4 is 16.0 Å². The molecule has 0 radical (unpaired) electrons. The summed E-state index contributed by atoms with van der Waals surface area (Å²) in [4.78, 5) is 20.0. The standard InChI is InChI=1S/C18H23N5O/c1-3-19-18(22-13-17-8-4-5-10-20-17)21-12-15-7-6-9-16(11-15)23-14(2)24/h4-11H,3,12-13H2,1-2H3,(H,23,24)(H2,19,21,22). The highest BCUT2D eigenvalue weighted by Gasteiger charge is 2.01. The zero-order valence-corrected chi connectivity index (χ0v) is 14.0. The zero-order chi connectivity index (χ0) is 17.2. The van der Waals surface area contributed by atoms with Crippen LogP contribution in [-0.4, -0.2) is 23.4 Å². The lowest BCUT2D eigenvalue weighted by Crippen LogP contribution is -2.37. The molecule has 1 amide bonds. The van der Waals surface area contributed by atoms with Crippen LogP contribution in [0.25, 0.3) is 0 Å². The molecule has 0 fully saturated rings. The number of aromatic nitrogens is 1. The van der Waals surface area contributed by atoms with Crippen molar-refractivity contribution in [1.82, 2.24) is 15.6 Å². The van der Waals surface area contributed by atoms with E-state index in [9.17, 15) is 4.79 Å². The van der Waals surface area contributed by atoms with Crippen LogP contribution >= 0.6 is 0 Å². The molecule has 1 aromatic heterocycles. The molecule has 0 atom stereocenters. The summed E-state index contributed by atoms with van der Waals surface area (Å²) in [7, 11) is 0. The average Bonchev–Trinajstić information content (AvgIpc) is 2.58. The van der Waals surface area contributed by atoms with Gasteiger partial charge in [0.05, 0.1) is 18.8 Å². The SMILES string of the molecule is CCNC(=NCc1cccc(NC(C)=O)c1)NCc1ccccn1. The molecule has 6 nitrogen and oxygen atoms in total. The molecule has 0 spiro atoms. The smallest absolute Gasteiger partial charge is 0.221 e. The van der Waals surface area contributed by atoms with Gasteiger partial charge in [0.15, 0.2) is 5.96 Å². The molecule has 24 heavy (non-hydrogen) atoms. The highest BCUT2D eigenvalue weighted by molar-refractivity contribution is 5.88. The van der Waals surface area contributed by atoms with Gasteiger partial charge in [-0.1, -0.05) is 18.2 Å². The number of nitrogens with one attached hydrogen (secondary N) is 3. The number of aliphatic imine (C=N–C) groups is 1. The van der Waals surface area contributed by atoms with Crippen LogP contribution in [0.15, 0.2) is 53.7 Å². The van der Waals surface area contributed by atoms with Crippen molar-refractivity contribution in [3.63, 3.8) is 0 Å². The summed E-state index contributed by atoms with van der Waals surface area (Å²) in [6.07, 6.45) is 1.77. The number of hydrogen-bond donors (Lipinski definition) is 3. The summed E-state index contributed by atoms with van der Waals surface area (Å²) in [5.74, 6) is 0.647. The van der Waals surface area contributed by atoms with Gasteiger partial charge < -0.3 is 16.0 Å². The van der Waals surface area contributed by atoms with Gasteiger partial charge in [0, 0.05) is 25.4 Å². The summed E-state index contributed by atoms with van der Waals surface area (Å²) in [5.41, 5.74) is 2.76. The summed E-state index contributed by atoms with van der Waals surface area (Å²) in [6, 6.07) is 13.5. The molecule has 3 N–H and O–H groups in total. The molecule has 0 bridgehead atoms. The van der Waals surface area contributed by atoms with Gasteiger partial charge in [-0.15, -0.1) is 0 Å².